The van der Waals surface area contributed by atoms with E-state index in [1.54, 1.807) is 7.11 Å². The fourth-order valence-corrected chi connectivity index (χ4v) is 4.53. The van der Waals surface area contributed by atoms with Gasteiger partial charge in [0.1, 0.15) is 0 Å². The van der Waals surface area contributed by atoms with Crippen LogP contribution in [-0.4, -0.2) is 14.2 Å². The van der Waals surface area contributed by atoms with Gasteiger partial charge in [-0.3, -0.25) is 0 Å². The molecule has 3 aromatic rings. The van der Waals surface area contributed by atoms with Gasteiger partial charge in [-0.25, -0.2) is 0 Å². The van der Waals surface area contributed by atoms with E-state index in [0.717, 1.165) is 27.0 Å². The second kappa shape index (κ2) is 5.89. The number of benzene rings is 3. The third kappa shape index (κ3) is 2.26. The lowest BCUT2D eigenvalue weighted by Crippen LogP contribution is -2.50. The van der Waals surface area contributed by atoms with E-state index < -0.39 is 5.72 Å². The zero-order valence-electron chi connectivity index (χ0n) is 15.1. The van der Waals surface area contributed by atoms with Crippen molar-refractivity contribution in [1.29, 1.82) is 0 Å². The van der Waals surface area contributed by atoms with Crippen LogP contribution in [0, 0.1) is 0 Å². The van der Waals surface area contributed by atoms with Crippen LogP contribution in [0.5, 0.6) is 11.5 Å². The van der Waals surface area contributed by atoms with Crippen molar-refractivity contribution >= 4 is 27.7 Å². The predicted octanol–water partition coefficient (Wildman–Crippen LogP) is 5.83. The summed E-state index contributed by atoms with van der Waals surface area (Å²) in [7, 11) is 3.75. The highest BCUT2D eigenvalue weighted by atomic mass is 79.9. The fourth-order valence-electron chi connectivity index (χ4n) is 4.07. The Bertz CT molecular complexity index is 1090. The van der Waals surface area contributed by atoms with Crippen LogP contribution in [-0.2, 0) is 5.72 Å². The van der Waals surface area contributed by atoms with E-state index in [0.29, 0.717) is 5.75 Å². The molecule has 1 atom stereocenters. The minimum atomic E-state index is -0.723. The molecule has 0 amide bonds. The molecular formula is C23H18BrNO2. The first-order valence-electron chi connectivity index (χ1n) is 8.82. The van der Waals surface area contributed by atoms with E-state index in [1.807, 2.05) is 12.1 Å². The molecule has 0 bridgehead atoms. The molecule has 4 heteroatoms. The number of para-hydroxylation sites is 1. The first-order valence-corrected chi connectivity index (χ1v) is 9.62. The minimum absolute atomic E-state index is 0.716. The summed E-state index contributed by atoms with van der Waals surface area (Å²) in [4.78, 5) is 2.20. The van der Waals surface area contributed by atoms with Crippen LogP contribution < -0.4 is 14.4 Å². The number of nitrogens with zero attached hydrogens (tertiary/aromatic N) is 1. The van der Waals surface area contributed by atoms with Crippen molar-refractivity contribution in [2.45, 2.75) is 5.72 Å². The van der Waals surface area contributed by atoms with Crippen molar-refractivity contribution in [3.63, 3.8) is 0 Å². The molecular weight excluding hydrogens is 402 g/mol. The molecule has 0 aliphatic carbocycles. The minimum Gasteiger partial charge on any atom is -0.493 e. The van der Waals surface area contributed by atoms with Crippen LogP contribution in [0.1, 0.15) is 11.1 Å². The van der Waals surface area contributed by atoms with Crippen LogP contribution in [0.15, 0.2) is 71.2 Å². The first kappa shape index (κ1) is 16.5. The molecule has 27 heavy (non-hydrogen) atoms. The topological polar surface area (TPSA) is 21.7 Å². The van der Waals surface area contributed by atoms with Gasteiger partial charge in [0.15, 0.2) is 11.5 Å². The normalized spacial score (nSPS) is 19.1. The van der Waals surface area contributed by atoms with Gasteiger partial charge in [-0.2, -0.15) is 0 Å². The highest BCUT2D eigenvalue weighted by molar-refractivity contribution is 9.10. The summed E-state index contributed by atoms with van der Waals surface area (Å²) in [5.41, 5.74) is 4.94. The van der Waals surface area contributed by atoms with Gasteiger partial charge in [-0.05, 0) is 35.9 Å². The van der Waals surface area contributed by atoms with E-state index in [-0.39, 0.29) is 0 Å². The molecule has 0 saturated carbocycles. The van der Waals surface area contributed by atoms with Gasteiger partial charge in [0, 0.05) is 33.9 Å². The van der Waals surface area contributed by atoms with E-state index >= 15 is 0 Å². The number of halogens is 1. The molecule has 1 spiro atoms. The van der Waals surface area contributed by atoms with Crippen LogP contribution in [0.2, 0.25) is 0 Å². The Morgan fingerprint density at radius 1 is 1.00 bits per heavy atom. The molecule has 2 aliphatic heterocycles. The molecule has 5 rings (SSSR count). The van der Waals surface area contributed by atoms with Gasteiger partial charge in [-0.15, -0.1) is 0 Å². The van der Waals surface area contributed by atoms with Crippen LogP contribution in [0.25, 0.3) is 17.2 Å². The lowest BCUT2D eigenvalue weighted by molar-refractivity contribution is 0.111. The number of methoxy groups -OCH3 is 1. The van der Waals surface area contributed by atoms with E-state index in [2.05, 4.69) is 88.6 Å². The second-order valence-electron chi connectivity index (χ2n) is 6.78. The summed E-state index contributed by atoms with van der Waals surface area (Å²) in [5, 5.41) is 0. The van der Waals surface area contributed by atoms with Gasteiger partial charge < -0.3 is 14.4 Å². The van der Waals surface area contributed by atoms with E-state index in [9.17, 15) is 0 Å². The first-order chi connectivity index (χ1) is 13.1. The second-order valence-corrected chi connectivity index (χ2v) is 7.70. The highest BCUT2D eigenvalue weighted by Gasteiger charge is 2.45. The van der Waals surface area contributed by atoms with Crippen molar-refractivity contribution in [3.05, 3.63) is 82.3 Å². The third-order valence-corrected chi connectivity index (χ3v) is 5.84. The number of anilines is 1. The molecule has 2 aliphatic rings. The van der Waals surface area contributed by atoms with Gasteiger partial charge in [0.25, 0.3) is 0 Å². The van der Waals surface area contributed by atoms with Crippen molar-refractivity contribution in [3.8, 4) is 22.6 Å². The Morgan fingerprint density at radius 2 is 1.74 bits per heavy atom. The Hall–Kier alpha value is -2.72. The average Bonchev–Trinajstić information content (AvgIpc) is 2.72. The Balaban J connectivity index is 1.77. The maximum absolute atomic E-state index is 6.73. The molecule has 0 N–H and O–H groups in total. The van der Waals surface area contributed by atoms with Gasteiger partial charge >= 0.3 is 0 Å². The summed E-state index contributed by atoms with van der Waals surface area (Å²) >= 11 is 3.55. The lowest BCUT2D eigenvalue weighted by atomic mass is 9.84. The van der Waals surface area contributed by atoms with Crippen LogP contribution in [0.3, 0.4) is 0 Å². The van der Waals surface area contributed by atoms with Crippen molar-refractivity contribution in [2.75, 3.05) is 19.1 Å². The smallest absolute Gasteiger partial charge is 0.229 e. The number of ether oxygens (including phenoxy) is 2. The Labute approximate surface area is 167 Å². The molecule has 0 aromatic heterocycles. The molecule has 0 saturated heterocycles. The Kier molecular flexibility index (Phi) is 3.59. The molecule has 3 aromatic carbocycles. The summed E-state index contributed by atoms with van der Waals surface area (Å²) in [6.45, 7) is 0. The summed E-state index contributed by atoms with van der Waals surface area (Å²) < 4.78 is 13.3. The average molecular weight is 420 g/mol. The molecule has 134 valence electrons. The lowest BCUT2D eigenvalue weighted by Gasteiger charge is -2.47. The zero-order valence-corrected chi connectivity index (χ0v) is 16.7. The van der Waals surface area contributed by atoms with Crippen molar-refractivity contribution < 1.29 is 9.47 Å². The van der Waals surface area contributed by atoms with Crippen LogP contribution >= 0.6 is 15.9 Å². The highest BCUT2D eigenvalue weighted by Crippen LogP contribution is 2.52. The predicted molar refractivity (Wildman–Crippen MR) is 112 cm³/mol. The zero-order chi connectivity index (χ0) is 18.6. The SMILES string of the molecule is COc1cc(Br)cc2c1OC1(C=C2)c2ccccc2-c2ccccc2N1C. The van der Waals surface area contributed by atoms with Crippen LogP contribution in [0.4, 0.5) is 5.69 Å². The molecule has 3 nitrogen and oxygen atoms in total. The number of fused-ring (bicyclic) bond motifs is 5. The Morgan fingerprint density at radius 3 is 2.56 bits per heavy atom. The van der Waals surface area contributed by atoms with E-state index in [4.69, 9.17) is 9.47 Å². The number of hydrogen-bond donors (Lipinski definition) is 0. The maximum atomic E-state index is 6.73. The largest absolute Gasteiger partial charge is 0.493 e. The molecule has 0 fully saturated rings. The summed E-state index contributed by atoms with van der Waals surface area (Å²) in [6.07, 6.45) is 4.25. The molecule has 0 radical (unpaired) electrons. The summed E-state index contributed by atoms with van der Waals surface area (Å²) in [6, 6.07) is 20.9. The van der Waals surface area contributed by atoms with Gasteiger partial charge in [0.2, 0.25) is 5.72 Å². The monoisotopic (exact) mass is 419 g/mol. The molecule has 2 heterocycles. The molecule has 1 unspecified atom stereocenters. The van der Waals surface area contributed by atoms with Crippen molar-refractivity contribution in [2.24, 2.45) is 0 Å². The standard InChI is InChI=1S/C23H18BrNO2/c1-25-20-10-6-4-8-18(20)17-7-3-5-9-19(17)23(25)12-11-15-13-16(24)14-21(26-2)22(15)27-23/h3-14H,1-2H3. The fraction of sp³-hybridized carbons (Fsp3) is 0.130. The third-order valence-electron chi connectivity index (χ3n) is 5.38. The van der Waals surface area contributed by atoms with Crippen molar-refractivity contribution in [1.82, 2.24) is 0 Å². The number of rotatable bonds is 1. The van der Waals surface area contributed by atoms with Gasteiger partial charge in [0.05, 0.1) is 7.11 Å². The maximum Gasteiger partial charge on any atom is 0.229 e. The van der Waals surface area contributed by atoms with E-state index in [1.165, 1.54) is 11.1 Å². The summed E-state index contributed by atoms with van der Waals surface area (Å²) in [5.74, 6) is 1.47. The number of likely N-dealkylation sites (N-methyl/N-ethyl adjacent to an activating group) is 1. The number of hydrogen-bond acceptors (Lipinski definition) is 3. The van der Waals surface area contributed by atoms with Gasteiger partial charge in [-0.1, -0.05) is 58.4 Å². The quantitative estimate of drug-likeness (QED) is 0.494.